The molecule has 0 saturated heterocycles. The predicted octanol–water partition coefficient (Wildman–Crippen LogP) is 2.89. The van der Waals surface area contributed by atoms with Crippen LogP contribution in [0.4, 0.5) is 0 Å². The van der Waals surface area contributed by atoms with E-state index in [0.717, 1.165) is 28.1 Å². The van der Waals surface area contributed by atoms with Gasteiger partial charge in [0.25, 0.3) is 0 Å². The summed E-state index contributed by atoms with van der Waals surface area (Å²) in [7, 11) is 1.65. The third-order valence-electron chi connectivity index (χ3n) is 3.25. The molecule has 0 unspecified atom stereocenters. The average Bonchev–Trinajstić information content (AvgIpc) is 3.23. The quantitative estimate of drug-likeness (QED) is 0.802. The molecule has 1 N–H and O–H groups in total. The van der Waals surface area contributed by atoms with Gasteiger partial charge in [-0.2, -0.15) is 0 Å². The van der Waals surface area contributed by atoms with Crippen LogP contribution in [0.1, 0.15) is 11.1 Å². The first-order valence-electron chi connectivity index (χ1n) is 6.41. The van der Waals surface area contributed by atoms with Crippen LogP contribution in [-0.4, -0.2) is 22.0 Å². The van der Waals surface area contributed by atoms with E-state index in [2.05, 4.69) is 15.6 Å². The summed E-state index contributed by atoms with van der Waals surface area (Å²) in [5, 5.41) is 9.29. The topological polar surface area (TPSA) is 65.1 Å². The molecule has 0 fully saturated rings. The number of ether oxygens (including phenoxy) is 1. The molecular weight excluding hydrogens is 288 g/mol. The summed E-state index contributed by atoms with van der Waals surface area (Å²) in [6.07, 6.45) is 1.67. The normalized spacial score (nSPS) is 16.5. The van der Waals surface area contributed by atoms with E-state index in [1.165, 1.54) is 0 Å². The molecule has 2 aromatic heterocycles. The Morgan fingerprint density at radius 1 is 1.24 bits per heavy atom. The monoisotopic (exact) mass is 300 g/mol. The summed E-state index contributed by atoms with van der Waals surface area (Å²) in [5.41, 5.74) is 4.32. The van der Waals surface area contributed by atoms with Crippen molar-refractivity contribution in [2.75, 3.05) is 12.5 Å². The van der Waals surface area contributed by atoms with E-state index in [0.29, 0.717) is 0 Å². The Hall–Kier alpha value is -2.41. The van der Waals surface area contributed by atoms with Crippen LogP contribution in [0.15, 0.2) is 52.2 Å². The van der Waals surface area contributed by atoms with Crippen molar-refractivity contribution in [1.82, 2.24) is 14.9 Å². The second-order valence-electron chi connectivity index (χ2n) is 4.51. The highest BCUT2D eigenvalue weighted by Crippen LogP contribution is 2.40. The molecule has 106 valence electrons. The van der Waals surface area contributed by atoms with Crippen molar-refractivity contribution in [3.05, 3.63) is 48.4 Å². The zero-order valence-electron chi connectivity index (χ0n) is 11.2. The number of nitrogens with one attached hydrogen (secondary N) is 1. The van der Waals surface area contributed by atoms with Crippen LogP contribution in [0, 0.1) is 0 Å². The zero-order valence-corrected chi connectivity index (χ0v) is 12.0. The Bertz CT molecular complexity index is 752. The molecule has 0 bridgehead atoms. The summed E-state index contributed by atoms with van der Waals surface area (Å²) in [6, 6.07) is 11.6. The van der Waals surface area contributed by atoms with Gasteiger partial charge in [0, 0.05) is 5.56 Å². The molecule has 21 heavy (non-hydrogen) atoms. The lowest BCUT2D eigenvalue weighted by molar-refractivity contribution is 0.415. The van der Waals surface area contributed by atoms with Gasteiger partial charge in [-0.3, -0.25) is 0 Å². The van der Waals surface area contributed by atoms with E-state index in [9.17, 15) is 0 Å². The fourth-order valence-corrected chi connectivity index (χ4v) is 3.15. The minimum absolute atomic E-state index is 0.0162. The molecule has 1 atom stereocenters. The number of fused-ring (bicyclic) bond motifs is 1. The number of aromatic nitrogens is 3. The molecule has 7 heteroatoms. The van der Waals surface area contributed by atoms with Crippen molar-refractivity contribution >= 4 is 11.8 Å². The highest BCUT2D eigenvalue weighted by atomic mass is 32.2. The van der Waals surface area contributed by atoms with Gasteiger partial charge in [0.1, 0.15) is 11.5 Å². The Morgan fingerprint density at radius 2 is 2.10 bits per heavy atom. The van der Waals surface area contributed by atoms with Crippen molar-refractivity contribution in [3.8, 4) is 17.1 Å². The van der Waals surface area contributed by atoms with Crippen molar-refractivity contribution in [2.45, 2.75) is 10.5 Å². The molecule has 3 heterocycles. The van der Waals surface area contributed by atoms with Crippen LogP contribution in [-0.2, 0) is 0 Å². The number of methoxy groups -OCH3 is 1. The second kappa shape index (κ2) is 4.85. The third-order valence-corrected chi connectivity index (χ3v) is 4.30. The van der Waals surface area contributed by atoms with Gasteiger partial charge in [-0.1, -0.05) is 0 Å². The molecular formula is C14H12N4O2S. The van der Waals surface area contributed by atoms with Gasteiger partial charge >= 0.3 is 0 Å². The van der Waals surface area contributed by atoms with Crippen LogP contribution < -0.4 is 10.2 Å². The summed E-state index contributed by atoms with van der Waals surface area (Å²) in [5.74, 6) is 2.45. The minimum atomic E-state index is 0.0162. The molecule has 1 aliphatic rings. The second-order valence-corrected chi connectivity index (χ2v) is 5.58. The van der Waals surface area contributed by atoms with E-state index < -0.39 is 0 Å². The van der Waals surface area contributed by atoms with Crippen LogP contribution in [0.3, 0.4) is 0 Å². The Kier molecular flexibility index (Phi) is 2.85. The number of rotatable bonds is 3. The number of hydrogen-bond acceptors (Lipinski definition) is 6. The Morgan fingerprint density at radius 3 is 2.81 bits per heavy atom. The van der Waals surface area contributed by atoms with E-state index in [4.69, 9.17) is 9.15 Å². The number of nitrogens with zero attached hydrogens (tertiary/aromatic N) is 3. The summed E-state index contributed by atoms with van der Waals surface area (Å²) < 4.78 is 12.5. The summed E-state index contributed by atoms with van der Waals surface area (Å²) in [4.78, 5) is 0. The van der Waals surface area contributed by atoms with Crippen molar-refractivity contribution < 1.29 is 9.15 Å². The van der Waals surface area contributed by atoms with Gasteiger partial charge < -0.3 is 14.6 Å². The standard InChI is InChI=1S/C14H12N4O2S/c1-19-10-6-4-9(5-7-10)12-15-16-14-18(12)17-13(21-14)11-3-2-8-20-11/h2-8,13,17H,1H3/t13-/m1/s1. The molecule has 0 aliphatic carbocycles. The number of benzene rings is 1. The number of thioether (sulfide) groups is 1. The van der Waals surface area contributed by atoms with E-state index in [-0.39, 0.29) is 5.37 Å². The largest absolute Gasteiger partial charge is 0.497 e. The highest BCUT2D eigenvalue weighted by molar-refractivity contribution is 7.99. The molecule has 0 amide bonds. The average molecular weight is 300 g/mol. The molecule has 6 nitrogen and oxygen atoms in total. The fraction of sp³-hybridized carbons (Fsp3) is 0.143. The molecule has 1 aliphatic heterocycles. The van der Waals surface area contributed by atoms with Gasteiger partial charge in [0.05, 0.1) is 13.4 Å². The first kappa shape index (κ1) is 12.3. The minimum Gasteiger partial charge on any atom is -0.497 e. The molecule has 1 aromatic carbocycles. The zero-order chi connectivity index (χ0) is 14.2. The lowest BCUT2D eigenvalue weighted by Crippen LogP contribution is -2.13. The lowest BCUT2D eigenvalue weighted by atomic mass is 10.2. The lowest BCUT2D eigenvalue weighted by Gasteiger charge is -2.09. The van der Waals surface area contributed by atoms with Crippen molar-refractivity contribution in [3.63, 3.8) is 0 Å². The molecule has 4 rings (SSSR count). The van der Waals surface area contributed by atoms with Gasteiger partial charge in [-0.15, -0.1) is 10.2 Å². The SMILES string of the molecule is COc1ccc(-c2nnc3n2N[C@@H](c2ccco2)S3)cc1. The molecule has 0 saturated carbocycles. The predicted molar refractivity (Wildman–Crippen MR) is 78.7 cm³/mol. The maximum absolute atomic E-state index is 5.43. The van der Waals surface area contributed by atoms with Crippen LogP contribution in [0.25, 0.3) is 11.4 Å². The van der Waals surface area contributed by atoms with Crippen molar-refractivity contribution in [2.24, 2.45) is 0 Å². The van der Waals surface area contributed by atoms with E-state index in [1.54, 1.807) is 25.1 Å². The van der Waals surface area contributed by atoms with Gasteiger partial charge in [-0.05, 0) is 48.2 Å². The Labute approximate surface area is 125 Å². The van der Waals surface area contributed by atoms with Crippen LogP contribution in [0.2, 0.25) is 0 Å². The van der Waals surface area contributed by atoms with E-state index in [1.807, 2.05) is 41.1 Å². The van der Waals surface area contributed by atoms with Crippen LogP contribution in [0.5, 0.6) is 5.75 Å². The van der Waals surface area contributed by atoms with Crippen LogP contribution >= 0.6 is 11.8 Å². The summed E-state index contributed by atoms with van der Waals surface area (Å²) in [6.45, 7) is 0. The first-order chi connectivity index (χ1) is 10.3. The maximum atomic E-state index is 5.43. The van der Waals surface area contributed by atoms with Gasteiger partial charge in [0.2, 0.25) is 5.16 Å². The fourth-order valence-electron chi connectivity index (χ4n) is 2.20. The third kappa shape index (κ3) is 2.06. The van der Waals surface area contributed by atoms with Gasteiger partial charge in [0.15, 0.2) is 11.2 Å². The molecule has 0 radical (unpaired) electrons. The molecule has 3 aromatic rings. The Balaban J connectivity index is 1.65. The van der Waals surface area contributed by atoms with E-state index >= 15 is 0 Å². The number of hydrogen-bond donors (Lipinski definition) is 1. The molecule has 0 spiro atoms. The number of furan rings is 1. The maximum Gasteiger partial charge on any atom is 0.212 e. The smallest absolute Gasteiger partial charge is 0.212 e. The van der Waals surface area contributed by atoms with Gasteiger partial charge in [-0.25, -0.2) is 4.68 Å². The van der Waals surface area contributed by atoms with Crippen molar-refractivity contribution in [1.29, 1.82) is 0 Å². The first-order valence-corrected chi connectivity index (χ1v) is 7.29. The summed E-state index contributed by atoms with van der Waals surface area (Å²) >= 11 is 1.58. The highest BCUT2D eigenvalue weighted by Gasteiger charge is 2.29.